The van der Waals surface area contributed by atoms with E-state index in [1.807, 2.05) is 35.2 Å². The zero-order valence-corrected chi connectivity index (χ0v) is 18.7. The Morgan fingerprint density at radius 3 is 2.76 bits per heavy atom. The average molecular weight is 488 g/mol. The molecule has 2 aromatic rings. The summed E-state index contributed by atoms with van der Waals surface area (Å²) in [7, 11) is 0. The smallest absolute Gasteiger partial charge is 0.406 e. The van der Waals surface area contributed by atoms with Crippen molar-refractivity contribution in [2.75, 3.05) is 13.1 Å². The number of fused-ring (bicyclic) bond motifs is 1. The number of halogens is 4. The molecule has 34 heavy (non-hydrogen) atoms. The summed E-state index contributed by atoms with van der Waals surface area (Å²) < 4.78 is 42.2. The molecule has 0 saturated heterocycles. The molecule has 1 aromatic heterocycles. The predicted molar refractivity (Wildman–Crippen MR) is 124 cm³/mol. The number of alkyl halides is 3. The minimum Gasteiger partial charge on any atom is -0.406 e. The van der Waals surface area contributed by atoms with Crippen LogP contribution in [-0.2, 0) is 10.3 Å². The second-order valence-corrected chi connectivity index (χ2v) is 8.71. The van der Waals surface area contributed by atoms with Gasteiger partial charge >= 0.3 is 6.36 Å². The number of nitrogens with two attached hydrogens (primary N) is 1. The first-order valence-corrected chi connectivity index (χ1v) is 11.2. The van der Waals surface area contributed by atoms with Gasteiger partial charge in [0.2, 0.25) is 0 Å². The third-order valence-electron chi connectivity index (χ3n) is 6.14. The van der Waals surface area contributed by atoms with Crippen LogP contribution in [0.15, 0.2) is 76.7 Å². The highest BCUT2D eigenvalue weighted by molar-refractivity contribution is 6.30. The zero-order valence-electron chi connectivity index (χ0n) is 18.0. The van der Waals surface area contributed by atoms with E-state index in [4.69, 9.17) is 27.3 Å². The van der Waals surface area contributed by atoms with Crippen LogP contribution in [0.5, 0.6) is 0 Å². The highest BCUT2D eigenvalue weighted by Gasteiger charge is 2.52. The molecule has 1 aromatic carbocycles. The molecule has 2 N–H and O–H groups in total. The van der Waals surface area contributed by atoms with Crippen molar-refractivity contribution in [1.82, 2.24) is 9.88 Å². The summed E-state index contributed by atoms with van der Waals surface area (Å²) in [6.07, 6.45) is 4.12. The number of amidine groups is 1. The molecule has 6 nitrogen and oxygen atoms in total. The fourth-order valence-electron chi connectivity index (χ4n) is 4.73. The predicted octanol–water partition coefficient (Wildman–Crippen LogP) is 5.03. The van der Waals surface area contributed by atoms with Crippen LogP contribution in [-0.4, -0.2) is 41.1 Å². The molecule has 3 aliphatic rings. The van der Waals surface area contributed by atoms with E-state index in [-0.39, 0.29) is 18.1 Å². The topological polar surface area (TPSA) is 76.1 Å². The van der Waals surface area contributed by atoms with Crippen LogP contribution in [0.25, 0.3) is 11.1 Å². The molecule has 176 valence electrons. The lowest BCUT2D eigenvalue weighted by molar-refractivity contribution is -0.303. The Morgan fingerprint density at radius 2 is 2.03 bits per heavy atom. The molecule has 1 unspecified atom stereocenters. The van der Waals surface area contributed by atoms with Crippen molar-refractivity contribution in [2.45, 2.75) is 24.7 Å². The van der Waals surface area contributed by atoms with Crippen molar-refractivity contribution in [3.63, 3.8) is 0 Å². The first-order chi connectivity index (χ1) is 16.3. The minimum absolute atomic E-state index is 0.241. The number of ether oxygens (including phenoxy) is 1. The van der Waals surface area contributed by atoms with Gasteiger partial charge in [0.05, 0.1) is 5.02 Å². The van der Waals surface area contributed by atoms with Crippen LogP contribution < -0.4 is 5.73 Å². The Balaban J connectivity index is 1.60. The highest BCUT2D eigenvalue weighted by Crippen LogP contribution is 2.46. The molecule has 0 spiro atoms. The van der Waals surface area contributed by atoms with Gasteiger partial charge in [0.1, 0.15) is 11.6 Å². The normalized spacial score (nSPS) is 24.3. The Kier molecular flexibility index (Phi) is 5.59. The lowest BCUT2D eigenvalue weighted by Gasteiger charge is -2.38. The van der Waals surface area contributed by atoms with Gasteiger partial charge in [0.25, 0.3) is 0 Å². The number of nitrogens with zero attached hydrogens (tertiary/aromatic N) is 4. The van der Waals surface area contributed by atoms with E-state index in [2.05, 4.69) is 9.72 Å². The molecule has 0 radical (unpaired) electrons. The van der Waals surface area contributed by atoms with Gasteiger partial charge in [-0.1, -0.05) is 35.9 Å². The molecule has 10 heteroatoms. The van der Waals surface area contributed by atoms with E-state index in [0.717, 1.165) is 23.1 Å². The quantitative estimate of drug-likeness (QED) is 0.656. The number of allylic oxidation sites excluding steroid dienone is 2. The monoisotopic (exact) mass is 487 g/mol. The van der Waals surface area contributed by atoms with Crippen LogP contribution >= 0.6 is 11.6 Å². The van der Waals surface area contributed by atoms with E-state index in [0.29, 0.717) is 29.9 Å². The van der Waals surface area contributed by atoms with E-state index in [1.165, 1.54) is 12.2 Å². The number of aromatic nitrogens is 1. The third-order valence-corrected chi connectivity index (χ3v) is 6.35. The number of pyridine rings is 1. The van der Waals surface area contributed by atoms with Crippen molar-refractivity contribution in [2.24, 2.45) is 21.6 Å². The maximum absolute atomic E-state index is 12.7. The van der Waals surface area contributed by atoms with Gasteiger partial charge in [-0.25, -0.2) is 4.99 Å². The highest BCUT2D eigenvalue weighted by atomic mass is 35.5. The van der Waals surface area contributed by atoms with E-state index in [9.17, 15) is 13.2 Å². The van der Waals surface area contributed by atoms with Gasteiger partial charge in [0, 0.05) is 37.0 Å². The molecule has 5 rings (SSSR count). The Morgan fingerprint density at radius 1 is 1.18 bits per heavy atom. The molecule has 1 aliphatic carbocycles. The van der Waals surface area contributed by atoms with E-state index in [1.54, 1.807) is 18.5 Å². The summed E-state index contributed by atoms with van der Waals surface area (Å²) in [4.78, 5) is 15.8. The SMILES string of the molecule is NC1=N[C@@](c2cccc(-c3cncc(Cl)c3)c2)(C2C=CC(OC(F)(F)F)=CC2)C2=NCCCN12. The molecule has 3 heterocycles. The molecule has 0 fully saturated rings. The second kappa shape index (κ2) is 8.47. The van der Waals surface area contributed by atoms with Crippen LogP contribution in [0.2, 0.25) is 5.02 Å². The summed E-state index contributed by atoms with van der Waals surface area (Å²) in [5.41, 5.74) is 7.91. The first-order valence-electron chi connectivity index (χ1n) is 10.8. The molecule has 0 amide bonds. The summed E-state index contributed by atoms with van der Waals surface area (Å²) in [6, 6.07) is 9.60. The van der Waals surface area contributed by atoms with Crippen molar-refractivity contribution < 1.29 is 17.9 Å². The fourth-order valence-corrected chi connectivity index (χ4v) is 4.90. The lowest BCUT2D eigenvalue weighted by atomic mass is 9.73. The van der Waals surface area contributed by atoms with Crippen molar-refractivity contribution in [3.05, 3.63) is 77.3 Å². The van der Waals surface area contributed by atoms with Crippen molar-refractivity contribution in [3.8, 4) is 11.1 Å². The van der Waals surface area contributed by atoms with E-state index < -0.39 is 11.9 Å². The molecular formula is C24H21ClF3N5O. The van der Waals surface area contributed by atoms with Crippen LogP contribution in [0, 0.1) is 5.92 Å². The van der Waals surface area contributed by atoms with Gasteiger partial charge < -0.3 is 10.5 Å². The Labute approximate surface area is 199 Å². The van der Waals surface area contributed by atoms with Crippen LogP contribution in [0.3, 0.4) is 0 Å². The number of rotatable bonds is 4. The van der Waals surface area contributed by atoms with Crippen molar-refractivity contribution in [1.29, 1.82) is 0 Å². The summed E-state index contributed by atoms with van der Waals surface area (Å²) in [5, 5.41) is 0.515. The Hall–Kier alpha value is -3.33. The molecular weight excluding hydrogens is 467 g/mol. The maximum atomic E-state index is 12.7. The second-order valence-electron chi connectivity index (χ2n) is 8.28. The van der Waals surface area contributed by atoms with E-state index >= 15 is 0 Å². The van der Waals surface area contributed by atoms with Crippen LogP contribution in [0.1, 0.15) is 18.4 Å². The number of guanidine groups is 1. The number of benzene rings is 1. The maximum Gasteiger partial charge on any atom is 0.573 e. The number of hydrogen-bond acceptors (Lipinski definition) is 6. The number of hydrogen-bond donors (Lipinski definition) is 1. The van der Waals surface area contributed by atoms with Gasteiger partial charge in [-0.3, -0.25) is 14.9 Å². The molecule has 0 bridgehead atoms. The Bertz CT molecular complexity index is 1240. The molecule has 2 atom stereocenters. The summed E-state index contributed by atoms with van der Waals surface area (Å²) in [6.45, 7) is 1.31. The molecule has 2 aliphatic heterocycles. The van der Waals surface area contributed by atoms with Crippen LogP contribution in [0.4, 0.5) is 13.2 Å². The largest absolute Gasteiger partial charge is 0.573 e. The summed E-state index contributed by atoms with van der Waals surface area (Å²) in [5.74, 6) is 0.500. The van der Waals surface area contributed by atoms with Gasteiger partial charge in [-0.05, 0) is 48.3 Å². The average Bonchev–Trinajstić information content (AvgIpc) is 3.12. The number of aliphatic imine (C=N–C) groups is 2. The van der Waals surface area contributed by atoms with Gasteiger partial charge in [-0.2, -0.15) is 0 Å². The summed E-state index contributed by atoms with van der Waals surface area (Å²) >= 11 is 6.15. The minimum atomic E-state index is -4.75. The van der Waals surface area contributed by atoms with Crippen molar-refractivity contribution >= 4 is 23.4 Å². The lowest BCUT2D eigenvalue weighted by Crippen LogP contribution is -2.48. The van der Waals surface area contributed by atoms with Gasteiger partial charge in [-0.15, -0.1) is 13.2 Å². The standard InChI is InChI=1S/C24H21ClF3N5O/c25-19-12-16(13-30-14-19)15-3-1-4-18(11-15)23(21-31-9-2-10-33(21)22(29)32-23)17-5-7-20(8-6-17)34-24(26,27)28/h1,3-5,7-8,11-14,17H,2,6,9-10H2,(H2,29,32)/t17?,23-/m1/s1. The first kappa shape index (κ1) is 22.5. The van der Waals surface area contributed by atoms with Gasteiger partial charge in [0.15, 0.2) is 11.5 Å². The third kappa shape index (κ3) is 4.04. The fraction of sp³-hybridized carbons (Fsp3) is 0.292. The molecule has 0 saturated carbocycles. The zero-order chi connectivity index (χ0) is 23.9.